The Labute approximate surface area is 125 Å². The third-order valence-corrected chi connectivity index (χ3v) is 3.39. The first kappa shape index (κ1) is 13.7. The average molecular weight is 291 g/mol. The lowest BCUT2D eigenvalue weighted by atomic mass is 10.1. The summed E-state index contributed by atoms with van der Waals surface area (Å²) in [6.07, 6.45) is 1.43. The van der Waals surface area contributed by atoms with Gasteiger partial charge in [0.25, 0.3) is 5.91 Å². The number of para-hydroxylation sites is 1. The van der Waals surface area contributed by atoms with E-state index in [0.717, 1.165) is 5.52 Å². The summed E-state index contributed by atoms with van der Waals surface area (Å²) in [5.74, 6) is -0.603. The van der Waals surface area contributed by atoms with E-state index in [-0.39, 0.29) is 11.3 Å². The first-order valence-electron chi connectivity index (χ1n) is 6.49. The Hall–Kier alpha value is -3.28. The Balaban J connectivity index is 2.24. The van der Waals surface area contributed by atoms with Gasteiger partial charge in [-0.2, -0.15) is 0 Å². The zero-order valence-electron chi connectivity index (χ0n) is 11.7. The lowest BCUT2D eigenvalue weighted by molar-refractivity contribution is 0.100. The minimum Gasteiger partial charge on any atom is -0.366 e. The number of hydrogen-bond acceptors (Lipinski definition) is 4. The normalized spacial score (nSPS) is 10.7. The average Bonchev–Trinajstić information content (AvgIpc) is 2.88. The summed E-state index contributed by atoms with van der Waals surface area (Å²) in [6, 6.07) is 7.24. The van der Waals surface area contributed by atoms with Crippen molar-refractivity contribution < 1.29 is 4.79 Å². The number of carbonyl (C=O) groups is 1. The number of hydrogen-bond donors (Lipinski definition) is 3. The fourth-order valence-electron chi connectivity index (χ4n) is 2.29. The van der Waals surface area contributed by atoms with Crippen molar-refractivity contribution in [3.05, 3.63) is 58.1 Å². The second-order valence-electron chi connectivity index (χ2n) is 4.81. The maximum Gasteiger partial charge on any atom is 0.251 e. The van der Waals surface area contributed by atoms with Crippen LogP contribution in [0.15, 0.2) is 30.5 Å². The van der Waals surface area contributed by atoms with Crippen molar-refractivity contribution in [2.45, 2.75) is 0 Å². The molecule has 0 fully saturated rings. The molecule has 1 aromatic carbocycles. The Morgan fingerprint density at radius 1 is 1.23 bits per heavy atom. The summed E-state index contributed by atoms with van der Waals surface area (Å²) in [7, 11) is 0. The number of nitrogens with zero attached hydrogens (tertiary/aromatic N) is 2. The van der Waals surface area contributed by atoms with Crippen molar-refractivity contribution in [1.29, 1.82) is 5.41 Å². The molecule has 0 aliphatic heterocycles. The third kappa shape index (κ3) is 2.07. The molecule has 6 nitrogen and oxygen atoms in total. The minimum atomic E-state index is -0.603. The molecule has 3 aromatic rings. The van der Waals surface area contributed by atoms with Gasteiger partial charge in [0.05, 0.1) is 28.2 Å². The molecule has 2 aromatic heterocycles. The Morgan fingerprint density at radius 3 is 2.64 bits per heavy atom. The molecule has 1 amide bonds. The predicted molar refractivity (Wildman–Crippen MR) is 85.1 cm³/mol. The van der Waals surface area contributed by atoms with Gasteiger partial charge in [-0.05, 0) is 6.07 Å². The highest BCUT2D eigenvalue weighted by Crippen LogP contribution is 2.23. The molecular formula is C16H13N5O. The van der Waals surface area contributed by atoms with E-state index in [1.54, 1.807) is 12.1 Å². The molecule has 0 spiro atoms. The number of fused-ring (bicyclic) bond motifs is 1. The fourth-order valence-corrected chi connectivity index (χ4v) is 2.29. The van der Waals surface area contributed by atoms with Crippen molar-refractivity contribution in [3.63, 3.8) is 0 Å². The van der Waals surface area contributed by atoms with Crippen LogP contribution in [0, 0.1) is 5.41 Å². The topological polar surface area (TPSA) is 109 Å². The van der Waals surface area contributed by atoms with Gasteiger partial charge in [-0.25, -0.2) is 4.98 Å². The molecule has 0 aliphatic rings. The Kier molecular flexibility index (Phi) is 3.06. The van der Waals surface area contributed by atoms with Crippen LogP contribution in [0.1, 0.15) is 21.7 Å². The maximum atomic E-state index is 11.8. The van der Waals surface area contributed by atoms with E-state index >= 15 is 0 Å². The summed E-state index contributed by atoms with van der Waals surface area (Å²) in [6.45, 7) is 7.41. The molecule has 22 heavy (non-hydrogen) atoms. The summed E-state index contributed by atoms with van der Waals surface area (Å²) < 4.78 is 0. The van der Waals surface area contributed by atoms with E-state index in [2.05, 4.69) is 28.1 Å². The van der Waals surface area contributed by atoms with E-state index in [1.807, 2.05) is 12.1 Å². The van der Waals surface area contributed by atoms with E-state index in [1.165, 1.54) is 6.20 Å². The summed E-state index contributed by atoms with van der Waals surface area (Å²) in [4.78, 5) is 23.1. The van der Waals surface area contributed by atoms with Crippen molar-refractivity contribution in [2.24, 2.45) is 5.73 Å². The molecule has 0 unspecified atom stereocenters. The van der Waals surface area contributed by atoms with Gasteiger partial charge >= 0.3 is 0 Å². The zero-order valence-corrected chi connectivity index (χ0v) is 11.7. The zero-order chi connectivity index (χ0) is 15.9. The van der Waals surface area contributed by atoms with Crippen molar-refractivity contribution >= 4 is 35.7 Å². The summed E-state index contributed by atoms with van der Waals surface area (Å²) in [5.41, 5.74) is 7.13. The lowest BCUT2D eigenvalue weighted by Gasteiger charge is -2.03. The molecule has 0 bridgehead atoms. The molecule has 108 valence electrons. The summed E-state index contributed by atoms with van der Waals surface area (Å²) >= 11 is 0. The van der Waals surface area contributed by atoms with Crippen LogP contribution in [-0.4, -0.2) is 26.6 Å². The molecular weight excluding hydrogens is 278 g/mol. The maximum absolute atomic E-state index is 11.8. The fraction of sp³-hybridized carbons (Fsp3) is 0. The van der Waals surface area contributed by atoms with Crippen molar-refractivity contribution in [1.82, 2.24) is 15.0 Å². The predicted octanol–water partition coefficient (Wildman–Crippen LogP) is 0.294. The van der Waals surface area contributed by atoms with Crippen LogP contribution in [0.25, 0.3) is 24.1 Å². The van der Waals surface area contributed by atoms with Crippen molar-refractivity contribution in [3.8, 4) is 0 Å². The van der Waals surface area contributed by atoms with Crippen LogP contribution >= 0.6 is 0 Å². The van der Waals surface area contributed by atoms with Crippen LogP contribution in [0.4, 0.5) is 0 Å². The van der Waals surface area contributed by atoms with Crippen LogP contribution in [0.5, 0.6) is 0 Å². The number of carbonyl (C=O) groups excluding carboxylic acids is 1. The second kappa shape index (κ2) is 4.92. The molecule has 2 heterocycles. The Bertz CT molecular complexity index is 1020. The van der Waals surface area contributed by atoms with E-state index < -0.39 is 5.91 Å². The van der Waals surface area contributed by atoms with Gasteiger partial charge in [-0.15, -0.1) is 0 Å². The third-order valence-electron chi connectivity index (χ3n) is 3.39. The van der Waals surface area contributed by atoms with Crippen LogP contribution in [0.2, 0.25) is 0 Å². The highest BCUT2D eigenvalue weighted by molar-refractivity contribution is 6.20. The van der Waals surface area contributed by atoms with Gasteiger partial charge in [0.1, 0.15) is 11.4 Å². The molecule has 0 aliphatic carbocycles. The van der Waals surface area contributed by atoms with Gasteiger partial charge < -0.3 is 10.7 Å². The molecule has 0 saturated carbocycles. The number of benzene rings is 1. The highest BCUT2D eigenvalue weighted by Gasteiger charge is 2.20. The number of aromatic nitrogens is 3. The first-order chi connectivity index (χ1) is 10.5. The molecule has 0 saturated heterocycles. The van der Waals surface area contributed by atoms with Gasteiger partial charge in [0.15, 0.2) is 0 Å². The van der Waals surface area contributed by atoms with E-state index in [9.17, 15) is 4.79 Å². The van der Waals surface area contributed by atoms with E-state index in [0.29, 0.717) is 27.5 Å². The quantitative estimate of drug-likeness (QED) is 0.603. The van der Waals surface area contributed by atoms with Crippen LogP contribution in [0.3, 0.4) is 0 Å². The number of amides is 1. The number of nitrogens with one attached hydrogen (secondary N) is 2. The monoisotopic (exact) mass is 291 g/mol. The van der Waals surface area contributed by atoms with Crippen LogP contribution in [-0.2, 0) is 0 Å². The standard InChI is InChI=1S/C16H13N5O/c1-8-9(2)20-12(7-19-8)14(17)15-13(16(18)22)10-5-3-4-6-11(10)21-15/h3-7,17,21H,1-2H2,(H2,18,22). The smallest absolute Gasteiger partial charge is 0.251 e. The van der Waals surface area contributed by atoms with Gasteiger partial charge in [-0.1, -0.05) is 31.4 Å². The highest BCUT2D eigenvalue weighted by atomic mass is 16.1. The number of rotatable bonds is 3. The van der Waals surface area contributed by atoms with Crippen molar-refractivity contribution in [2.75, 3.05) is 0 Å². The SMILES string of the molecule is C=c1ncc(C(=N)c2[nH]c3ccccc3c2C(N)=O)nc1=C. The molecule has 0 radical (unpaired) electrons. The van der Waals surface area contributed by atoms with E-state index in [4.69, 9.17) is 11.1 Å². The van der Waals surface area contributed by atoms with Gasteiger partial charge in [0.2, 0.25) is 0 Å². The molecule has 4 N–H and O–H groups in total. The number of nitrogens with two attached hydrogens (primary N) is 1. The largest absolute Gasteiger partial charge is 0.366 e. The second-order valence-corrected chi connectivity index (χ2v) is 4.81. The van der Waals surface area contributed by atoms with Gasteiger partial charge in [0, 0.05) is 10.9 Å². The summed E-state index contributed by atoms with van der Waals surface area (Å²) in [5, 5.41) is 9.82. The number of primary amides is 1. The van der Waals surface area contributed by atoms with Gasteiger partial charge in [-0.3, -0.25) is 15.2 Å². The molecule has 3 rings (SSSR count). The molecule has 0 atom stereocenters. The molecule has 6 heteroatoms. The minimum absolute atomic E-state index is 0.0300. The van der Waals surface area contributed by atoms with Crippen LogP contribution < -0.4 is 16.4 Å². The number of H-pyrrole nitrogens is 1. The number of aromatic amines is 1. The first-order valence-corrected chi connectivity index (χ1v) is 6.49. The lowest BCUT2D eigenvalue weighted by Crippen LogP contribution is -2.31. The Morgan fingerprint density at radius 2 is 1.95 bits per heavy atom.